The number of fused-ring (bicyclic) bond motifs is 7. The Morgan fingerprint density at radius 2 is 1.41 bits per heavy atom. The molecule has 0 aromatic rings. The van der Waals surface area contributed by atoms with E-state index in [2.05, 4.69) is 47.6 Å². The molecule has 20 atom stereocenters. The van der Waals surface area contributed by atoms with Crippen LogP contribution in [-0.4, -0.2) is 127 Å². The third-order valence-electron chi connectivity index (χ3n) is 17.4. The molecular weight excluding hydrogens is 728 g/mol. The summed E-state index contributed by atoms with van der Waals surface area (Å²) in [6.45, 7) is 14.1. The monoisotopic (exact) mass is 794 g/mol. The van der Waals surface area contributed by atoms with Gasteiger partial charge in [-0.05, 0) is 111 Å². The quantitative estimate of drug-likeness (QED) is 0.137. The second kappa shape index (κ2) is 14.5. The van der Waals surface area contributed by atoms with Gasteiger partial charge in [0.15, 0.2) is 12.6 Å². The van der Waals surface area contributed by atoms with Crippen LogP contribution in [0.15, 0.2) is 11.6 Å². The van der Waals surface area contributed by atoms with E-state index in [9.17, 15) is 50.4 Å². The summed E-state index contributed by atoms with van der Waals surface area (Å²) in [5.74, 6) is -1.45. The Morgan fingerprint density at radius 1 is 0.750 bits per heavy atom. The van der Waals surface area contributed by atoms with Crippen molar-refractivity contribution >= 4 is 11.9 Å². The molecule has 2 heterocycles. The number of rotatable bonds is 7. The third-order valence-corrected chi connectivity index (χ3v) is 17.4. The van der Waals surface area contributed by atoms with Gasteiger partial charge in [-0.25, -0.2) is 0 Å². The molecule has 318 valence electrons. The summed E-state index contributed by atoms with van der Waals surface area (Å²) in [4.78, 5) is 27.0. The maximum Gasteiger partial charge on any atom is 0.314 e. The van der Waals surface area contributed by atoms with Crippen LogP contribution in [0.3, 0.4) is 0 Å². The summed E-state index contributed by atoms with van der Waals surface area (Å²) in [5, 5.41) is 85.2. The van der Waals surface area contributed by atoms with E-state index in [-0.39, 0.29) is 35.2 Å². The zero-order valence-corrected chi connectivity index (χ0v) is 33.9. The molecule has 2 aliphatic heterocycles. The van der Waals surface area contributed by atoms with Crippen LogP contribution in [0.25, 0.3) is 0 Å². The van der Waals surface area contributed by atoms with Crippen molar-refractivity contribution in [1.82, 2.24) is 0 Å². The van der Waals surface area contributed by atoms with E-state index in [1.165, 1.54) is 0 Å². The van der Waals surface area contributed by atoms with E-state index < -0.39 is 102 Å². The Kier molecular flexibility index (Phi) is 11.0. The van der Waals surface area contributed by atoms with Crippen molar-refractivity contribution in [2.75, 3.05) is 6.61 Å². The minimum atomic E-state index is -1.69. The van der Waals surface area contributed by atoms with E-state index in [4.69, 9.17) is 18.9 Å². The number of aliphatic carboxylic acids is 2. The highest BCUT2D eigenvalue weighted by molar-refractivity contribution is 5.84. The highest BCUT2D eigenvalue weighted by Crippen LogP contribution is 2.76. The van der Waals surface area contributed by atoms with E-state index in [0.29, 0.717) is 44.4 Å². The minimum Gasteiger partial charge on any atom is -0.481 e. The highest BCUT2D eigenvalue weighted by Gasteiger charge is 2.73. The summed E-state index contributed by atoms with van der Waals surface area (Å²) in [6, 6.07) is 0. The summed E-state index contributed by atoms with van der Waals surface area (Å²) < 4.78 is 24.0. The fraction of sp³-hybridized carbons (Fsp3) is 0.905. The molecule has 56 heavy (non-hydrogen) atoms. The van der Waals surface area contributed by atoms with Crippen LogP contribution in [0, 0.1) is 56.7 Å². The lowest BCUT2D eigenvalue weighted by Gasteiger charge is -2.70. The SMILES string of the molecule is C[C@H]1[C@H](C)CC[C@]2(C(=O)O)CC[C@]3(C(=O)O)C(=CC[C@@H]4[C@@]5(C)CC[C@H](O[C@@H]6O[C@@H](C)[C@H](O[C@@H]7O[C@H](CO)[C@@H](O)[C@H](O)[C@H]7O)[C@@H](O)[C@H]6O)C(C)(C)[C@H]5CC[C@]43C)[C@@H]12. The average Bonchev–Trinajstić information content (AvgIpc) is 3.14. The van der Waals surface area contributed by atoms with Crippen LogP contribution in [0.4, 0.5) is 0 Å². The molecule has 0 bridgehead atoms. The van der Waals surface area contributed by atoms with Gasteiger partial charge in [-0.1, -0.05) is 53.2 Å². The van der Waals surface area contributed by atoms with Crippen LogP contribution in [-0.2, 0) is 28.5 Å². The van der Waals surface area contributed by atoms with Gasteiger partial charge >= 0.3 is 11.9 Å². The molecule has 0 aromatic carbocycles. The second-order valence-electron chi connectivity index (χ2n) is 20.0. The molecule has 0 spiro atoms. The molecule has 0 aromatic heterocycles. The number of carboxylic acids is 2. The summed E-state index contributed by atoms with van der Waals surface area (Å²) in [5.41, 5.74) is -2.55. The lowest BCUT2D eigenvalue weighted by molar-refractivity contribution is -0.364. The Labute approximate surface area is 329 Å². The van der Waals surface area contributed by atoms with Crippen molar-refractivity contribution in [3.63, 3.8) is 0 Å². The van der Waals surface area contributed by atoms with Gasteiger partial charge in [0.25, 0.3) is 0 Å². The standard InChI is InChI=1S/C42H66O14/c1-19-10-15-41(36(49)50)16-17-42(37(51)52)22(27(41)20(19)2)8-9-25-39(6)13-12-26(38(4,5)24(39)11-14-40(25,42)7)55-34-32(48)30(46)33(21(3)53-34)56-35-31(47)29(45)28(44)23(18-43)54-35/h8,19-21,23-35,43-48H,9-18H2,1-7H3,(H,49,50)(H,51,52)/t19-,20+,21+,23-,24-,25-,26+,27-,28-,29+,30+,31-,32-,33+,34+,35+,39+,40-,41+,42-/m1/s1. The molecule has 7 aliphatic rings. The molecule has 0 unspecified atom stereocenters. The minimum absolute atomic E-state index is 0.0289. The third kappa shape index (κ3) is 5.85. The van der Waals surface area contributed by atoms with Crippen molar-refractivity contribution in [3.8, 4) is 0 Å². The van der Waals surface area contributed by atoms with Gasteiger partial charge in [0.05, 0.1) is 29.6 Å². The molecule has 14 nitrogen and oxygen atoms in total. The Morgan fingerprint density at radius 3 is 2.05 bits per heavy atom. The van der Waals surface area contributed by atoms with Crippen molar-refractivity contribution in [1.29, 1.82) is 0 Å². The number of hydrogen-bond acceptors (Lipinski definition) is 12. The predicted molar refractivity (Wildman–Crippen MR) is 198 cm³/mol. The van der Waals surface area contributed by atoms with Gasteiger partial charge in [-0.3, -0.25) is 9.59 Å². The van der Waals surface area contributed by atoms with E-state index in [1.54, 1.807) is 6.92 Å². The number of allylic oxidation sites excluding steroid dienone is 1. The molecule has 4 saturated carbocycles. The van der Waals surface area contributed by atoms with Crippen molar-refractivity contribution < 1.29 is 69.4 Å². The molecule has 8 N–H and O–H groups in total. The first-order chi connectivity index (χ1) is 26.1. The van der Waals surface area contributed by atoms with Gasteiger partial charge in [0.2, 0.25) is 0 Å². The molecule has 7 rings (SSSR count). The Hall–Kier alpha value is -1.72. The highest BCUT2D eigenvalue weighted by atomic mass is 16.7. The smallest absolute Gasteiger partial charge is 0.314 e. The normalized spacial score (nSPS) is 54.1. The lowest BCUT2D eigenvalue weighted by Crippen LogP contribution is -2.68. The van der Waals surface area contributed by atoms with Gasteiger partial charge in [-0.15, -0.1) is 0 Å². The van der Waals surface area contributed by atoms with Gasteiger partial charge < -0.3 is 59.8 Å². The fourth-order valence-electron chi connectivity index (χ4n) is 14.0. The van der Waals surface area contributed by atoms with Crippen molar-refractivity contribution in [2.45, 2.75) is 174 Å². The average molecular weight is 795 g/mol. The Bertz CT molecular complexity index is 1550. The molecule has 0 amide bonds. The molecule has 5 aliphatic carbocycles. The van der Waals surface area contributed by atoms with Gasteiger partial charge in [0.1, 0.15) is 42.7 Å². The Balaban J connectivity index is 1.11. The van der Waals surface area contributed by atoms with Crippen LogP contribution in [0.1, 0.15) is 106 Å². The van der Waals surface area contributed by atoms with E-state index >= 15 is 0 Å². The second-order valence-corrected chi connectivity index (χ2v) is 20.0. The number of carboxylic acid groups (broad SMARTS) is 2. The number of ether oxygens (including phenoxy) is 4. The van der Waals surface area contributed by atoms with E-state index in [0.717, 1.165) is 24.8 Å². The maximum absolute atomic E-state index is 13.9. The van der Waals surface area contributed by atoms with Crippen LogP contribution in [0.2, 0.25) is 0 Å². The van der Waals surface area contributed by atoms with E-state index in [1.807, 2.05) is 0 Å². The number of carbonyl (C=O) groups is 2. The van der Waals surface area contributed by atoms with Gasteiger partial charge in [-0.2, -0.15) is 0 Å². The largest absolute Gasteiger partial charge is 0.481 e. The number of aliphatic hydroxyl groups is 6. The molecule has 0 radical (unpaired) electrons. The van der Waals surface area contributed by atoms with Crippen molar-refractivity contribution in [3.05, 3.63) is 11.6 Å². The molecule has 2 saturated heterocycles. The first-order valence-corrected chi connectivity index (χ1v) is 20.9. The summed E-state index contributed by atoms with van der Waals surface area (Å²) >= 11 is 0. The number of hydrogen-bond donors (Lipinski definition) is 8. The zero-order valence-electron chi connectivity index (χ0n) is 33.9. The van der Waals surface area contributed by atoms with Crippen LogP contribution >= 0.6 is 0 Å². The fourth-order valence-corrected chi connectivity index (χ4v) is 14.0. The predicted octanol–water partition coefficient (Wildman–Crippen LogP) is 2.83. The van der Waals surface area contributed by atoms with Crippen LogP contribution in [0.5, 0.6) is 0 Å². The molecule has 14 heteroatoms. The number of aliphatic hydroxyl groups excluding tert-OH is 6. The first kappa shape index (κ1) is 42.4. The summed E-state index contributed by atoms with van der Waals surface area (Å²) in [6.07, 6.45) is -6.76. The maximum atomic E-state index is 13.9. The lowest BCUT2D eigenvalue weighted by atomic mass is 9.33. The van der Waals surface area contributed by atoms with Crippen LogP contribution < -0.4 is 0 Å². The van der Waals surface area contributed by atoms with Crippen molar-refractivity contribution in [2.24, 2.45) is 56.7 Å². The van der Waals surface area contributed by atoms with Gasteiger partial charge in [0, 0.05) is 0 Å². The molecular formula is C42H66O14. The zero-order chi connectivity index (χ0) is 41.1. The molecule has 6 fully saturated rings. The first-order valence-electron chi connectivity index (χ1n) is 20.9. The topological polar surface area (TPSA) is 233 Å². The summed E-state index contributed by atoms with van der Waals surface area (Å²) in [7, 11) is 0.